The van der Waals surface area contributed by atoms with Crippen molar-refractivity contribution >= 4 is 0 Å². The van der Waals surface area contributed by atoms with Gasteiger partial charge in [-0.2, -0.15) is 0 Å². The van der Waals surface area contributed by atoms with Gasteiger partial charge in [-0.3, -0.25) is 0 Å². The summed E-state index contributed by atoms with van der Waals surface area (Å²) in [5, 5.41) is 48.2. The van der Waals surface area contributed by atoms with Crippen molar-refractivity contribution in [3.63, 3.8) is 0 Å². The predicted octanol–water partition coefficient (Wildman–Crippen LogP) is 13.8. The van der Waals surface area contributed by atoms with Gasteiger partial charge in [0.15, 0.2) is 0 Å². The highest BCUT2D eigenvalue weighted by atomic mass is 16.5. The number of methoxy groups -OCH3 is 4. The molecule has 4 atom stereocenters. The average molecular weight is 1040 g/mol. The van der Waals surface area contributed by atoms with Gasteiger partial charge in [-0.15, -0.1) is 0 Å². The third kappa shape index (κ3) is 11.8. The molecule has 77 heavy (non-hydrogen) atoms. The molecule has 8 aromatic rings. The van der Waals surface area contributed by atoms with E-state index in [2.05, 4.69) is 6.92 Å². The minimum atomic E-state index is -0.782. The van der Waals surface area contributed by atoms with Crippen LogP contribution in [0.25, 0.3) is 0 Å². The Balaban J connectivity index is 1.44. The van der Waals surface area contributed by atoms with Crippen molar-refractivity contribution in [1.29, 1.82) is 0 Å². The summed E-state index contributed by atoms with van der Waals surface area (Å²) < 4.78 is 47.8. The Labute approximate surface area is 451 Å². The molecule has 0 saturated heterocycles. The van der Waals surface area contributed by atoms with Gasteiger partial charge in [0.1, 0.15) is 69.0 Å². The first kappa shape index (κ1) is 54.6. The third-order valence-corrected chi connectivity index (χ3v) is 14.0. The molecule has 0 saturated carbocycles. The fraction of sp³-hybridized carbons (Fsp3) is 0.262. The number of benzene rings is 8. The van der Waals surface area contributed by atoms with Crippen LogP contribution >= 0.6 is 0 Å². The molecule has 4 unspecified atom stereocenters. The summed E-state index contributed by atoms with van der Waals surface area (Å²) in [6.45, 7) is 10.9. The van der Waals surface area contributed by atoms with Crippen molar-refractivity contribution in [3.8, 4) is 69.0 Å². The molecule has 8 rings (SSSR count). The molecule has 0 spiro atoms. The highest BCUT2D eigenvalue weighted by Gasteiger charge is 2.34. The van der Waals surface area contributed by atoms with Gasteiger partial charge in [-0.1, -0.05) is 61.5 Å². The lowest BCUT2D eigenvalue weighted by molar-refractivity contribution is 0.331. The first-order valence-corrected chi connectivity index (χ1v) is 25.9. The Morgan fingerprint density at radius 3 is 0.922 bits per heavy atom. The van der Waals surface area contributed by atoms with Crippen molar-refractivity contribution in [2.45, 2.75) is 58.3 Å². The number of aromatic hydroxyl groups is 4. The molecule has 12 nitrogen and oxygen atoms in total. The highest BCUT2D eigenvalue weighted by Crippen LogP contribution is 2.52. The molecular formula is C65H68O12. The molecule has 8 aromatic carbocycles. The van der Waals surface area contributed by atoms with Crippen LogP contribution in [0.15, 0.2) is 152 Å². The van der Waals surface area contributed by atoms with E-state index in [-0.39, 0.29) is 42.1 Å². The van der Waals surface area contributed by atoms with E-state index >= 15 is 0 Å². The van der Waals surface area contributed by atoms with Crippen molar-refractivity contribution in [2.75, 3.05) is 54.9 Å². The van der Waals surface area contributed by atoms with E-state index in [4.69, 9.17) is 37.9 Å². The van der Waals surface area contributed by atoms with Gasteiger partial charge < -0.3 is 58.3 Å². The highest BCUT2D eigenvalue weighted by molar-refractivity contribution is 5.65. The summed E-state index contributed by atoms with van der Waals surface area (Å²) in [5.41, 5.74) is 7.71. The quantitative estimate of drug-likeness (QED) is 0.0451. The number of phenols is 4. The molecule has 0 aliphatic rings. The molecule has 0 amide bonds. The van der Waals surface area contributed by atoms with Crippen LogP contribution in [0.2, 0.25) is 0 Å². The fourth-order valence-electron chi connectivity index (χ4n) is 10.2. The van der Waals surface area contributed by atoms with E-state index in [1.165, 1.54) is 0 Å². The van der Waals surface area contributed by atoms with E-state index in [0.717, 1.165) is 33.6 Å². The van der Waals surface area contributed by atoms with Crippen LogP contribution in [0.4, 0.5) is 0 Å². The fourth-order valence-corrected chi connectivity index (χ4v) is 10.2. The lowest BCUT2D eigenvalue weighted by Gasteiger charge is -2.29. The van der Waals surface area contributed by atoms with E-state index in [0.29, 0.717) is 86.8 Å². The average Bonchev–Trinajstić information content (AvgIpc) is 3.45. The second-order valence-electron chi connectivity index (χ2n) is 18.4. The van der Waals surface area contributed by atoms with Crippen LogP contribution in [0.3, 0.4) is 0 Å². The molecule has 0 aliphatic carbocycles. The van der Waals surface area contributed by atoms with Crippen molar-refractivity contribution in [2.24, 2.45) is 0 Å². The van der Waals surface area contributed by atoms with Crippen LogP contribution in [-0.2, 0) is 0 Å². The summed E-state index contributed by atoms with van der Waals surface area (Å²) in [4.78, 5) is 0. The maximum absolute atomic E-state index is 12.7. The Kier molecular flexibility index (Phi) is 17.6. The molecule has 0 radical (unpaired) electrons. The molecular weight excluding hydrogens is 973 g/mol. The smallest absolute Gasteiger partial charge is 0.127 e. The van der Waals surface area contributed by atoms with Crippen LogP contribution in [-0.4, -0.2) is 75.3 Å². The summed E-state index contributed by atoms with van der Waals surface area (Å²) in [5.74, 6) is 1.98. The summed E-state index contributed by atoms with van der Waals surface area (Å²) in [6.07, 6.45) is 0. The zero-order chi connectivity index (χ0) is 54.8. The van der Waals surface area contributed by atoms with Crippen molar-refractivity contribution in [1.82, 2.24) is 0 Å². The summed E-state index contributed by atoms with van der Waals surface area (Å²) >= 11 is 0. The third-order valence-electron chi connectivity index (χ3n) is 14.0. The zero-order valence-electron chi connectivity index (χ0n) is 45.1. The maximum Gasteiger partial charge on any atom is 0.127 e. The molecule has 4 N–H and O–H groups in total. The summed E-state index contributed by atoms with van der Waals surface area (Å²) in [7, 11) is 6.46. The minimum absolute atomic E-state index is 0.00392. The Hall–Kier alpha value is -8.64. The van der Waals surface area contributed by atoms with Gasteiger partial charge >= 0.3 is 0 Å². The molecule has 0 bridgehead atoms. The number of hydrogen-bond acceptors (Lipinski definition) is 12. The van der Waals surface area contributed by atoms with E-state index in [1.54, 1.807) is 64.8 Å². The molecule has 0 heterocycles. The largest absolute Gasteiger partial charge is 0.508 e. The Bertz CT molecular complexity index is 3240. The van der Waals surface area contributed by atoms with Crippen LogP contribution < -0.4 is 37.9 Å². The topological polar surface area (TPSA) is 155 Å². The lowest BCUT2D eigenvalue weighted by atomic mass is 9.77. The van der Waals surface area contributed by atoms with Gasteiger partial charge in [0.2, 0.25) is 0 Å². The molecule has 12 heteroatoms. The van der Waals surface area contributed by atoms with Gasteiger partial charge in [-0.05, 0) is 123 Å². The molecule has 0 fully saturated rings. The van der Waals surface area contributed by atoms with E-state index in [9.17, 15) is 20.4 Å². The lowest BCUT2D eigenvalue weighted by Crippen LogP contribution is -2.13. The molecule has 0 aromatic heterocycles. The van der Waals surface area contributed by atoms with Gasteiger partial charge in [0.05, 0.1) is 54.9 Å². The number of ether oxygens (including phenoxy) is 8. The van der Waals surface area contributed by atoms with E-state index < -0.39 is 17.8 Å². The number of rotatable bonds is 23. The van der Waals surface area contributed by atoms with Crippen LogP contribution in [0.5, 0.6) is 69.0 Å². The van der Waals surface area contributed by atoms with Crippen LogP contribution in [0, 0.1) is 0 Å². The normalized spacial score (nSPS) is 12.7. The molecule has 0 aliphatic heterocycles. The van der Waals surface area contributed by atoms with Gasteiger partial charge in [0, 0.05) is 86.9 Å². The number of phenolic OH excluding ortho intramolecular Hbond substituents is 4. The Morgan fingerprint density at radius 2 is 0.597 bits per heavy atom. The monoisotopic (exact) mass is 1040 g/mol. The summed E-state index contributed by atoms with van der Waals surface area (Å²) in [6, 6.07) is 46.6. The predicted molar refractivity (Wildman–Crippen MR) is 299 cm³/mol. The SMILES string of the molecule is CCOc1cc(O)c(C(c2ccc(OC)cc2)c2cc(C(c3ccc(OC)cc3)c3cc(C(c4ccc(OC)cc4)c4ccc(O)cc4OCC)c(O)cc3OCC)c(O)cc2OCC)cc1C(C)c1ccc(OC)cc1. The second-order valence-corrected chi connectivity index (χ2v) is 18.4. The first-order valence-electron chi connectivity index (χ1n) is 25.9. The van der Waals surface area contributed by atoms with Crippen molar-refractivity contribution in [3.05, 3.63) is 213 Å². The van der Waals surface area contributed by atoms with Crippen LogP contribution in [0.1, 0.15) is 119 Å². The molecule has 400 valence electrons. The first-order chi connectivity index (χ1) is 37.4. The second kappa shape index (κ2) is 24.8. The maximum atomic E-state index is 12.7. The van der Waals surface area contributed by atoms with Gasteiger partial charge in [0.25, 0.3) is 0 Å². The number of hydrogen-bond donors (Lipinski definition) is 4. The Morgan fingerprint density at radius 1 is 0.312 bits per heavy atom. The minimum Gasteiger partial charge on any atom is -0.508 e. The van der Waals surface area contributed by atoms with Gasteiger partial charge in [-0.25, -0.2) is 0 Å². The van der Waals surface area contributed by atoms with Crippen molar-refractivity contribution < 1.29 is 58.3 Å². The zero-order valence-corrected chi connectivity index (χ0v) is 45.1. The van der Waals surface area contributed by atoms with E-state index in [1.807, 2.05) is 143 Å². The standard InChI is InChI=1S/C65H68O12/c1-10-74-59-32-44(66)22-31-49(59)63(41-16-25-46(71-7)26-17-41)52-34-54(61(76-12-3)37-57(52)68)65(43-20-29-48(73-9)30-21-43)53-35-55(62(77-13-4)38-58(53)69)64(42-18-27-47(72-8)28-19-42)51-33-50(60(75-11-2)36-56(51)67)39(5)40-14-23-45(70-6)24-15-40/h14-39,63-69H,10-13H2,1-9H3.